The quantitative estimate of drug-likeness (QED) is 0.770. The molecule has 18 heavy (non-hydrogen) atoms. The number of ether oxygens (including phenoxy) is 1. The first-order valence-corrected chi connectivity index (χ1v) is 5.51. The molecule has 3 atom stereocenters. The number of aliphatic hydroxyl groups is 1. The zero-order chi connectivity index (χ0) is 12.7. The Kier molecular flexibility index (Phi) is 2.60. The van der Waals surface area contributed by atoms with E-state index < -0.39 is 18.5 Å². The first kappa shape index (κ1) is 11.3. The number of hydrogen-bond acceptors (Lipinski definition) is 5. The molecular weight excluding hydrogens is 243 g/mol. The molecule has 1 fully saturated rings. The van der Waals surface area contributed by atoms with Crippen LogP contribution in [-0.4, -0.2) is 43.5 Å². The predicted octanol–water partition coefficient (Wildman–Crippen LogP) is -0.263. The Morgan fingerprint density at radius 3 is 3.17 bits per heavy atom. The highest BCUT2D eigenvalue weighted by Crippen LogP contribution is 2.32. The van der Waals surface area contributed by atoms with E-state index in [1.54, 1.807) is 0 Å². The van der Waals surface area contributed by atoms with Crippen LogP contribution in [0, 0.1) is 0 Å². The lowest BCUT2D eigenvalue weighted by molar-refractivity contribution is -0.0351. The maximum atomic E-state index is 13.8. The molecule has 2 aromatic rings. The third-order valence-corrected chi connectivity index (χ3v) is 2.97. The van der Waals surface area contributed by atoms with Crippen molar-refractivity contribution >= 4 is 11.2 Å². The summed E-state index contributed by atoms with van der Waals surface area (Å²) in [6.07, 6.45) is -0.0331. The summed E-state index contributed by atoms with van der Waals surface area (Å²) < 4.78 is 20.6. The normalized spacial score (nSPS) is 28.0. The summed E-state index contributed by atoms with van der Waals surface area (Å²) >= 11 is 0. The molecule has 0 radical (unpaired) electrons. The Balaban J connectivity index is 2.05. The Labute approximate surface area is 100 Å². The maximum absolute atomic E-state index is 13.8. The average Bonchev–Trinajstić information content (AvgIpc) is 2.93. The lowest BCUT2D eigenvalue weighted by Gasteiger charge is -2.14. The number of fused-ring (bicyclic) bond motifs is 1. The van der Waals surface area contributed by atoms with Crippen LogP contribution in [0.1, 0.15) is 12.6 Å². The van der Waals surface area contributed by atoms with Crippen molar-refractivity contribution in [2.24, 2.45) is 0 Å². The molecule has 8 heteroatoms. The Bertz CT molecular complexity index is 625. The van der Waals surface area contributed by atoms with Crippen LogP contribution < -0.4 is 5.56 Å². The minimum absolute atomic E-state index is 0.115. The number of rotatable bonds is 2. The summed E-state index contributed by atoms with van der Waals surface area (Å²) in [5, 5.41) is 8.97. The molecule has 0 aromatic carbocycles. The zero-order valence-corrected chi connectivity index (χ0v) is 9.28. The van der Waals surface area contributed by atoms with E-state index in [9.17, 15) is 9.18 Å². The van der Waals surface area contributed by atoms with Crippen molar-refractivity contribution in [3.05, 3.63) is 23.0 Å². The van der Waals surface area contributed by atoms with Gasteiger partial charge in [-0.1, -0.05) is 0 Å². The number of hydrogen-bond donors (Lipinski definition) is 2. The molecule has 2 N–H and O–H groups in total. The van der Waals surface area contributed by atoms with Gasteiger partial charge in [0.1, 0.15) is 6.17 Å². The second-order valence-electron chi connectivity index (χ2n) is 4.14. The number of nitrogens with one attached hydrogen (secondary N) is 1. The molecule has 0 bridgehead atoms. The van der Waals surface area contributed by atoms with Gasteiger partial charge in [0.15, 0.2) is 17.4 Å². The highest BCUT2D eigenvalue weighted by Gasteiger charge is 2.37. The summed E-state index contributed by atoms with van der Waals surface area (Å²) in [4.78, 5) is 21.7. The highest BCUT2D eigenvalue weighted by atomic mass is 19.1. The summed E-state index contributed by atoms with van der Waals surface area (Å²) in [5.74, 6) is 0. The highest BCUT2D eigenvalue weighted by molar-refractivity contribution is 5.68. The number of alkyl halides is 1. The van der Waals surface area contributed by atoms with Gasteiger partial charge in [-0.2, -0.15) is 0 Å². The Hall–Kier alpha value is -1.80. The fourth-order valence-electron chi connectivity index (χ4n) is 2.11. The van der Waals surface area contributed by atoms with Crippen LogP contribution in [-0.2, 0) is 4.74 Å². The van der Waals surface area contributed by atoms with Crippen LogP contribution >= 0.6 is 0 Å². The lowest BCUT2D eigenvalue weighted by Crippen LogP contribution is -2.17. The van der Waals surface area contributed by atoms with E-state index in [0.717, 1.165) is 0 Å². The molecule has 1 aliphatic rings. The van der Waals surface area contributed by atoms with Crippen LogP contribution in [0.2, 0.25) is 0 Å². The second kappa shape index (κ2) is 4.14. The molecule has 1 saturated heterocycles. The van der Waals surface area contributed by atoms with Crippen molar-refractivity contribution in [3.63, 3.8) is 0 Å². The number of nitrogens with zero attached hydrogens (tertiary/aromatic N) is 3. The fourth-order valence-corrected chi connectivity index (χ4v) is 2.11. The molecule has 96 valence electrons. The molecule has 1 aliphatic heterocycles. The van der Waals surface area contributed by atoms with Gasteiger partial charge in [-0.25, -0.2) is 14.4 Å². The molecular formula is C10H11FN4O3. The molecule has 0 saturated carbocycles. The number of imidazole rings is 1. The monoisotopic (exact) mass is 254 g/mol. The summed E-state index contributed by atoms with van der Waals surface area (Å²) in [7, 11) is 0. The molecule has 2 aromatic heterocycles. The fraction of sp³-hybridized carbons (Fsp3) is 0.500. The summed E-state index contributed by atoms with van der Waals surface area (Å²) in [6.45, 7) is -0.239. The van der Waals surface area contributed by atoms with Crippen LogP contribution in [0.25, 0.3) is 11.2 Å². The summed E-state index contributed by atoms with van der Waals surface area (Å²) in [6, 6.07) is 0. The maximum Gasteiger partial charge on any atom is 0.278 e. The Morgan fingerprint density at radius 2 is 2.44 bits per heavy atom. The number of aliphatic hydroxyl groups excluding tert-OH is 1. The smallest absolute Gasteiger partial charge is 0.278 e. The number of aromatic amines is 1. The number of aromatic nitrogens is 4. The zero-order valence-electron chi connectivity index (χ0n) is 9.28. The van der Waals surface area contributed by atoms with Crippen molar-refractivity contribution in [3.8, 4) is 0 Å². The van der Waals surface area contributed by atoms with Crippen LogP contribution in [0.5, 0.6) is 0 Å². The van der Waals surface area contributed by atoms with Crippen molar-refractivity contribution < 1.29 is 14.2 Å². The van der Waals surface area contributed by atoms with Gasteiger partial charge >= 0.3 is 0 Å². The van der Waals surface area contributed by atoms with Gasteiger partial charge in [-0.3, -0.25) is 9.36 Å². The van der Waals surface area contributed by atoms with Gasteiger partial charge in [0.05, 0.1) is 25.4 Å². The predicted molar refractivity (Wildman–Crippen MR) is 58.7 cm³/mol. The first-order valence-electron chi connectivity index (χ1n) is 5.51. The minimum Gasteiger partial charge on any atom is -0.394 e. The third-order valence-electron chi connectivity index (χ3n) is 2.97. The molecule has 0 spiro atoms. The second-order valence-corrected chi connectivity index (χ2v) is 4.14. The van der Waals surface area contributed by atoms with E-state index in [1.807, 2.05) is 0 Å². The SMILES string of the molecule is O=c1[nH]cnc2c1ncn2[C@@H]1O[C@@H](CO)C[C@@H]1F. The lowest BCUT2D eigenvalue weighted by atomic mass is 10.2. The van der Waals surface area contributed by atoms with E-state index in [0.29, 0.717) is 0 Å². The minimum atomic E-state index is -1.26. The van der Waals surface area contributed by atoms with E-state index in [4.69, 9.17) is 9.84 Å². The third kappa shape index (κ3) is 1.61. The largest absolute Gasteiger partial charge is 0.394 e. The van der Waals surface area contributed by atoms with Gasteiger partial charge in [0, 0.05) is 6.42 Å². The van der Waals surface area contributed by atoms with Gasteiger partial charge < -0.3 is 14.8 Å². The van der Waals surface area contributed by atoms with E-state index in [1.165, 1.54) is 17.2 Å². The van der Waals surface area contributed by atoms with Crippen molar-refractivity contribution in [1.82, 2.24) is 19.5 Å². The summed E-state index contributed by atoms with van der Waals surface area (Å²) in [5.41, 5.74) is 0.0246. The van der Waals surface area contributed by atoms with Crippen LogP contribution in [0.15, 0.2) is 17.4 Å². The van der Waals surface area contributed by atoms with Crippen molar-refractivity contribution in [2.75, 3.05) is 6.61 Å². The van der Waals surface area contributed by atoms with E-state index >= 15 is 0 Å². The van der Waals surface area contributed by atoms with Gasteiger partial charge in [-0.05, 0) is 0 Å². The molecule has 0 amide bonds. The van der Waals surface area contributed by atoms with E-state index in [2.05, 4.69) is 15.0 Å². The van der Waals surface area contributed by atoms with E-state index in [-0.39, 0.29) is 29.8 Å². The number of halogens is 1. The van der Waals surface area contributed by atoms with Gasteiger partial charge in [0.2, 0.25) is 0 Å². The van der Waals surface area contributed by atoms with Crippen molar-refractivity contribution in [1.29, 1.82) is 0 Å². The van der Waals surface area contributed by atoms with Gasteiger partial charge in [-0.15, -0.1) is 0 Å². The molecule has 7 nitrogen and oxygen atoms in total. The van der Waals surface area contributed by atoms with Crippen LogP contribution in [0.4, 0.5) is 4.39 Å². The molecule has 0 aliphatic carbocycles. The van der Waals surface area contributed by atoms with Crippen molar-refractivity contribution in [2.45, 2.75) is 24.9 Å². The number of H-pyrrole nitrogens is 1. The molecule has 3 rings (SSSR count). The first-order chi connectivity index (χ1) is 8.70. The Morgan fingerprint density at radius 1 is 1.61 bits per heavy atom. The van der Waals surface area contributed by atoms with Gasteiger partial charge in [0.25, 0.3) is 5.56 Å². The molecule has 0 unspecified atom stereocenters. The standard InChI is InChI=1S/C10H11FN4O3/c11-6-1-5(2-16)18-10(6)15-4-14-7-8(15)12-3-13-9(7)17/h3-6,10,16H,1-2H2,(H,12,13,17)/t5-,6+,10-/m1/s1. The van der Waals surface area contributed by atoms with Crippen LogP contribution in [0.3, 0.4) is 0 Å². The topological polar surface area (TPSA) is 93.0 Å². The molecule has 3 heterocycles. The average molecular weight is 254 g/mol.